The van der Waals surface area contributed by atoms with E-state index in [0.29, 0.717) is 24.4 Å². The molecule has 1 fully saturated rings. The van der Waals surface area contributed by atoms with E-state index in [1.165, 1.54) is 23.1 Å². The van der Waals surface area contributed by atoms with Gasteiger partial charge in [0.1, 0.15) is 18.1 Å². The molecule has 0 radical (unpaired) electrons. The zero-order valence-electron chi connectivity index (χ0n) is 25.8. The van der Waals surface area contributed by atoms with E-state index in [-0.39, 0.29) is 12.0 Å². The zero-order chi connectivity index (χ0) is 29.5. The van der Waals surface area contributed by atoms with Crippen molar-refractivity contribution in [2.45, 2.75) is 57.7 Å². The third-order valence-electron chi connectivity index (χ3n) is 9.16. The molecule has 2 aromatic rings. The van der Waals surface area contributed by atoms with Crippen LogP contribution in [0.25, 0.3) is 0 Å². The number of ether oxygens (including phenoxy) is 4. The smallest absolute Gasteiger partial charge is 0.158 e. The molecule has 7 heteroatoms. The van der Waals surface area contributed by atoms with Crippen LogP contribution in [0.4, 0.5) is 0 Å². The molecule has 7 nitrogen and oxygen atoms in total. The van der Waals surface area contributed by atoms with Crippen LogP contribution in [-0.2, 0) is 33.6 Å². The second-order valence-electron chi connectivity index (χ2n) is 11.9. The third kappa shape index (κ3) is 7.49. The molecule has 4 atom stereocenters. The molecule has 0 bridgehead atoms. The van der Waals surface area contributed by atoms with Crippen molar-refractivity contribution >= 4 is 0 Å². The molecular weight excluding hydrogens is 528 g/mol. The lowest BCUT2D eigenvalue weighted by atomic mass is 9.72. The molecule has 1 aliphatic heterocycles. The van der Waals surface area contributed by atoms with Gasteiger partial charge < -0.3 is 29.0 Å². The maximum absolute atomic E-state index is 9.97. The standard InChI is InChI=1S/C35H48N2O5/c1-5-37(23-25-8-14-30(15-9-25)42-18-16-36(2)24-31-7-6-17-41-31)33-22-35(40-4)34(39-3)21-32(33)28-11-10-27-20-29(38)13-12-26(27)19-28/h8-9,12-15,20-22,28,31-33,38H,5-7,10-11,16-19,23-24H2,1-4H3/t28-,31-,32?,33?/m1/s1. The number of benzene rings is 2. The lowest BCUT2D eigenvalue weighted by molar-refractivity contribution is 0.0771. The summed E-state index contributed by atoms with van der Waals surface area (Å²) in [5.41, 5.74) is 3.87. The Hall–Kier alpha value is -3.00. The predicted molar refractivity (Wildman–Crippen MR) is 166 cm³/mol. The normalized spacial score (nSPS) is 23.9. The summed E-state index contributed by atoms with van der Waals surface area (Å²) in [4.78, 5) is 4.83. The second-order valence-corrected chi connectivity index (χ2v) is 11.9. The molecule has 1 saturated heterocycles. The first-order valence-electron chi connectivity index (χ1n) is 15.6. The number of nitrogens with zero attached hydrogens (tertiary/aromatic N) is 2. The number of phenols is 1. The highest BCUT2D eigenvalue weighted by atomic mass is 16.5. The van der Waals surface area contributed by atoms with Crippen LogP contribution in [0.2, 0.25) is 0 Å². The average Bonchev–Trinajstić information content (AvgIpc) is 3.52. The molecule has 42 heavy (non-hydrogen) atoms. The summed E-state index contributed by atoms with van der Waals surface area (Å²) in [5, 5.41) is 9.97. The van der Waals surface area contributed by atoms with Crippen molar-refractivity contribution in [1.82, 2.24) is 9.80 Å². The fourth-order valence-electron chi connectivity index (χ4n) is 6.80. The first kappa shape index (κ1) is 30.5. The van der Waals surface area contributed by atoms with Crippen molar-refractivity contribution in [3.05, 3.63) is 82.8 Å². The predicted octanol–water partition coefficient (Wildman–Crippen LogP) is 5.57. The van der Waals surface area contributed by atoms with Crippen LogP contribution in [0.3, 0.4) is 0 Å². The van der Waals surface area contributed by atoms with E-state index in [9.17, 15) is 5.11 Å². The molecule has 2 aliphatic carbocycles. The highest BCUT2D eigenvalue weighted by molar-refractivity contribution is 5.38. The van der Waals surface area contributed by atoms with E-state index in [2.05, 4.69) is 66.3 Å². The fourth-order valence-corrected chi connectivity index (χ4v) is 6.80. The number of aryl methyl sites for hydroxylation is 1. The van der Waals surface area contributed by atoms with E-state index in [4.69, 9.17) is 18.9 Å². The SMILES string of the molecule is CCN(Cc1ccc(OCCN(C)C[C@H]2CCCO2)cc1)C1C=C(OC)C(OC)=CC1[C@@H]1CCc2cc(O)ccc2C1. The molecule has 0 spiro atoms. The van der Waals surface area contributed by atoms with Crippen LogP contribution in [0.1, 0.15) is 42.9 Å². The quantitative estimate of drug-likeness (QED) is 0.335. The summed E-state index contributed by atoms with van der Waals surface area (Å²) in [6.07, 6.45) is 10.3. The highest BCUT2D eigenvalue weighted by Gasteiger charge is 2.37. The minimum Gasteiger partial charge on any atom is -0.508 e. The van der Waals surface area contributed by atoms with Gasteiger partial charge in [0.05, 0.1) is 20.3 Å². The molecular formula is C35H48N2O5. The largest absolute Gasteiger partial charge is 0.508 e. The van der Waals surface area contributed by atoms with E-state index >= 15 is 0 Å². The lowest BCUT2D eigenvalue weighted by Gasteiger charge is -2.41. The van der Waals surface area contributed by atoms with Crippen LogP contribution in [0, 0.1) is 11.8 Å². The monoisotopic (exact) mass is 576 g/mol. The Labute approximate surface area is 251 Å². The number of fused-ring (bicyclic) bond motifs is 1. The Morgan fingerprint density at radius 1 is 0.976 bits per heavy atom. The van der Waals surface area contributed by atoms with Crippen LogP contribution in [-0.4, -0.2) is 81.2 Å². The summed E-state index contributed by atoms with van der Waals surface area (Å²) in [6.45, 7) is 7.39. The van der Waals surface area contributed by atoms with Gasteiger partial charge in [0, 0.05) is 38.2 Å². The molecule has 3 aliphatic rings. The van der Waals surface area contributed by atoms with Gasteiger partial charge in [-0.05, 0) is 105 Å². The van der Waals surface area contributed by atoms with Crippen molar-refractivity contribution in [2.75, 3.05) is 54.1 Å². The molecule has 1 heterocycles. The van der Waals surface area contributed by atoms with E-state index in [1.54, 1.807) is 14.2 Å². The molecule has 228 valence electrons. The Morgan fingerprint density at radius 3 is 2.48 bits per heavy atom. The number of methoxy groups -OCH3 is 2. The minimum atomic E-state index is 0.183. The van der Waals surface area contributed by atoms with Crippen molar-refractivity contribution in [3.8, 4) is 11.5 Å². The van der Waals surface area contributed by atoms with Gasteiger partial charge in [-0.25, -0.2) is 0 Å². The average molecular weight is 577 g/mol. The summed E-state index contributed by atoms with van der Waals surface area (Å²) in [5.74, 6) is 3.63. The summed E-state index contributed by atoms with van der Waals surface area (Å²) in [7, 11) is 5.57. The van der Waals surface area contributed by atoms with Gasteiger partial charge in [-0.15, -0.1) is 0 Å². The Morgan fingerprint density at radius 2 is 1.76 bits per heavy atom. The molecule has 0 saturated carbocycles. The van der Waals surface area contributed by atoms with Gasteiger partial charge >= 0.3 is 0 Å². The van der Waals surface area contributed by atoms with Gasteiger partial charge in [-0.3, -0.25) is 4.90 Å². The van der Waals surface area contributed by atoms with Crippen molar-refractivity contribution in [1.29, 1.82) is 0 Å². The molecule has 2 unspecified atom stereocenters. The van der Waals surface area contributed by atoms with Crippen LogP contribution < -0.4 is 4.74 Å². The van der Waals surface area contributed by atoms with Crippen molar-refractivity contribution < 1.29 is 24.1 Å². The Kier molecular flexibility index (Phi) is 10.5. The number of aromatic hydroxyl groups is 1. The Balaban J connectivity index is 1.23. The van der Waals surface area contributed by atoms with Crippen molar-refractivity contribution in [3.63, 3.8) is 0 Å². The van der Waals surface area contributed by atoms with Gasteiger partial charge in [-0.2, -0.15) is 0 Å². The molecule has 2 aromatic carbocycles. The summed E-state index contributed by atoms with van der Waals surface area (Å²) < 4.78 is 23.4. The van der Waals surface area contributed by atoms with Crippen LogP contribution in [0.5, 0.6) is 11.5 Å². The summed E-state index contributed by atoms with van der Waals surface area (Å²) >= 11 is 0. The number of hydrogen-bond acceptors (Lipinski definition) is 7. The van der Waals surface area contributed by atoms with E-state index in [1.807, 2.05) is 12.1 Å². The minimum absolute atomic E-state index is 0.183. The maximum Gasteiger partial charge on any atom is 0.158 e. The van der Waals surface area contributed by atoms with Gasteiger partial charge in [0.25, 0.3) is 0 Å². The lowest BCUT2D eigenvalue weighted by Crippen LogP contribution is -2.44. The highest BCUT2D eigenvalue weighted by Crippen LogP contribution is 2.39. The maximum atomic E-state index is 9.97. The first-order chi connectivity index (χ1) is 20.5. The fraction of sp³-hybridized carbons (Fsp3) is 0.543. The Bertz CT molecular complexity index is 1220. The second kappa shape index (κ2) is 14.5. The van der Waals surface area contributed by atoms with Gasteiger partial charge in [0.2, 0.25) is 0 Å². The number of likely N-dealkylation sites (N-methyl/N-ethyl adjacent to an activating group) is 2. The molecule has 1 N–H and O–H groups in total. The number of phenolic OH excluding ortho intramolecular Hbond substituents is 1. The zero-order valence-corrected chi connectivity index (χ0v) is 25.8. The topological polar surface area (TPSA) is 63.6 Å². The first-order valence-corrected chi connectivity index (χ1v) is 15.6. The molecule has 5 rings (SSSR count). The van der Waals surface area contributed by atoms with Gasteiger partial charge in [0.15, 0.2) is 11.5 Å². The number of hydrogen-bond donors (Lipinski definition) is 1. The molecule has 0 aromatic heterocycles. The van der Waals surface area contributed by atoms with E-state index in [0.717, 1.165) is 75.7 Å². The van der Waals surface area contributed by atoms with E-state index < -0.39 is 0 Å². The molecule has 0 amide bonds. The van der Waals surface area contributed by atoms with Crippen LogP contribution >= 0.6 is 0 Å². The number of rotatable bonds is 13. The third-order valence-corrected chi connectivity index (χ3v) is 9.16. The van der Waals surface area contributed by atoms with Crippen molar-refractivity contribution in [2.24, 2.45) is 11.8 Å². The van der Waals surface area contributed by atoms with Gasteiger partial charge in [-0.1, -0.05) is 25.1 Å². The van der Waals surface area contributed by atoms with Crippen LogP contribution in [0.15, 0.2) is 66.1 Å². The summed E-state index contributed by atoms with van der Waals surface area (Å²) in [6, 6.07) is 14.6.